The number of benzene rings is 2. The molecule has 40 heavy (non-hydrogen) atoms. The number of amides is 1. The highest BCUT2D eigenvalue weighted by Crippen LogP contribution is 2.35. The molecule has 0 aliphatic carbocycles. The number of nitrogens with one attached hydrogen (secondary N) is 1. The first kappa shape index (κ1) is 28.4. The second-order valence-electron chi connectivity index (χ2n) is 10.2. The average molecular weight is 606 g/mol. The molecule has 2 aliphatic heterocycles. The number of hydrogen-bond donors (Lipinski definition) is 1. The van der Waals surface area contributed by atoms with E-state index in [1.54, 1.807) is 10.9 Å². The lowest BCUT2D eigenvalue weighted by atomic mass is 9.98. The van der Waals surface area contributed by atoms with Crippen LogP contribution in [0.4, 0.5) is 0 Å². The van der Waals surface area contributed by atoms with Crippen LogP contribution in [0, 0.1) is 0 Å². The molecule has 212 valence electrons. The Kier molecular flexibility index (Phi) is 8.10. The van der Waals surface area contributed by atoms with Crippen molar-refractivity contribution in [2.75, 3.05) is 13.7 Å². The minimum Gasteiger partial charge on any atom is -0.493 e. The van der Waals surface area contributed by atoms with E-state index in [0.717, 1.165) is 27.7 Å². The van der Waals surface area contributed by atoms with Gasteiger partial charge in [-0.15, -0.1) is 5.10 Å². The summed E-state index contributed by atoms with van der Waals surface area (Å²) in [4.78, 5) is 15.0. The summed E-state index contributed by atoms with van der Waals surface area (Å²) in [5.74, 6) is 0.342. The standard InChI is InChI=1S/C27H30Cl2N6O4S/c1-17(2)33(3)15-18-4-6-21-24(8-11-39-26(21)12-18)34-16-19(31-32-34)13-25-27(36)30-9-10-35(25)40(37,38)20-5-7-22(28)23(29)14-20/h4-7,9-10,12,14,16-17,24-25H,8,11,13,15H2,1-3H3,(H,30,36). The third-order valence-corrected chi connectivity index (χ3v) is 9.72. The van der Waals surface area contributed by atoms with Crippen molar-refractivity contribution >= 4 is 39.1 Å². The topological polar surface area (TPSA) is 110 Å². The van der Waals surface area contributed by atoms with Gasteiger partial charge >= 0.3 is 0 Å². The monoisotopic (exact) mass is 604 g/mol. The third-order valence-electron chi connectivity index (χ3n) is 7.20. The van der Waals surface area contributed by atoms with E-state index in [1.165, 1.54) is 30.6 Å². The lowest BCUT2D eigenvalue weighted by Gasteiger charge is -2.31. The lowest BCUT2D eigenvalue weighted by molar-refractivity contribution is -0.124. The van der Waals surface area contributed by atoms with Crippen LogP contribution in [0.15, 0.2) is 59.9 Å². The molecule has 0 saturated carbocycles. The van der Waals surface area contributed by atoms with Crippen LogP contribution < -0.4 is 10.1 Å². The number of carbonyl (C=O) groups is 1. The quantitative estimate of drug-likeness (QED) is 0.414. The summed E-state index contributed by atoms with van der Waals surface area (Å²) < 4.78 is 35.7. The van der Waals surface area contributed by atoms with Crippen LogP contribution >= 0.6 is 23.2 Å². The van der Waals surface area contributed by atoms with Gasteiger partial charge in [0.1, 0.15) is 11.8 Å². The molecule has 0 saturated heterocycles. The molecule has 13 heteroatoms. The van der Waals surface area contributed by atoms with E-state index in [2.05, 4.69) is 59.6 Å². The first-order chi connectivity index (χ1) is 19.0. The number of fused-ring (bicyclic) bond motifs is 1. The van der Waals surface area contributed by atoms with Gasteiger partial charge in [0.2, 0.25) is 5.91 Å². The fourth-order valence-electron chi connectivity index (χ4n) is 4.71. The summed E-state index contributed by atoms with van der Waals surface area (Å²) in [6, 6.07) is 9.51. The van der Waals surface area contributed by atoms with Crippen molar-refractivity contribution in [2.24, 2.45) is 0 Å². The summed E-state index contributed by atoms with van der Waals surface area (Å²) in [5, 5.41) is 11.5. The smallest absolute Gasteiger partial charge is 0.264 e. The molecular weight excluding hydrogens is 575 g/mol. The highest BCUT2D eigenvalue weighted by atomic mass is 35.5. The minimum atomic E-state index is -4.11. The van der Waals surface area contributed by atoms with E-state index in [9.17, 15) is 13.2 Å². The zero-order chi connectivity index (χ0) is 28.6. The number of rotatable bonds is 8. The van der Waals surface area contributed by atoms with E-state index in [1.807, 2.05) is 0 Å². The van der Waals surface area contributed by atoms with Crippen LogP contribution in [0.1, 0.15) is 43.1 Å². The van der Waals surface area contributed by atoms with Gasteiger partial charge in [-0.3, -0.25) is 14.0 Å². The molecule has 0 fully saturated rings. The van der Waals surface area contributed by atoms with Crippen LogP contribution in [-0.4, -0.2) is 64.3 Å². The highest BCUT2D eigenvalue weighted by Gasteiger charge is 2.37. The molecule has 1 amide bonds. The Morgan fingerprint density at radius 1 is 1.18 bits per heavy atom. The Morgan fingerprint density at radius 3 is 2.73 bits per heavy atom. The Labute approximate surface area is 243 Å². The van der Waals surface area contributed by atoms with E-state index < -0.39 is 22.0 Å². The Morgan fingerprint density at radius 2 is 1.98 bits per heavy atom. The number of ether oxygens (including phenoxy) is 1. The van der Waals surface area contributed by atoms with Crippen molar-refractivity contribution in [1.29, 1.82) is 0 Å². The molecule has 1 aromatic heterocycles. The van der Waals surface area contributed by atoms with E-state index in [-0.39, 0.29) is 27.4 Å². The second kappa shape index (κ2) is 11.4. The predicted octanol–water partition coefficient (Wildman–Crippen LogP) is 4.00. The molecule has 0 spiro atoms. The maximum absolute atomic E-state index is 13.5. The third kappa shape index (κ3) is 5.69. The molecule has 3 heterocycles. The van der Waals surface area contributed by atoms with Crippen molar-refractivity contribution in [2.45, 2.75) is 56.3 Å². The van der Waals surface area contributed by atoms with Crippen molar-refractivity contribution in [3.05, 3.63) is 81.9 Å². The van der Waals surface area contributed by atoms with Gasteiger partial charge in [0.05, 0.1) is 33.3 Å². The molecule has 5 rings (SSSR count). The zero-order valence-corrected chi connectivity index (χ0v) is 24.6. The molecule has 0 bridgehead atoms. The summed E-state index contributed by atoms with van der Waals surface area (Å²) in [5.41, 5.74) is 2.64. The van der Waals surface area contributed by atoms with E-state index in [4.69, 9.17) is 27.9 Å². The average Bonchev–Trinajstić information content (AvgIpc) is 3.39. The molecule has 2 unspecified atom stereocenters. The number of sulfonamides is 1. The van der Waals surface area contributed by atoms with Crippen LogP contribution in [0.2, 0.25) is 10.0 Å². The molecule has 10 nitrogen and oxygen atoms in total. The number of nitrogens with zero attached hydrogens (tertiary/aromatic N) is 5. The second-order valence-corrected chi connectivity index (χ2v) is 12.8. The number of hydrogen-bond acceptors (Lipinski definition) is 7. The fraction of sp³-hybridized carbons (Fsp3) is 0.370. The van der Waals surface area contributed by atoms with E-state index >= 15 is 0 Å². The van der Waals surface area contributed by atoms with Crippen molar-refractivity contribution in [3.63, 3.8) is 0 Å². The predicted molar refractivity (Wildman–Crippen MR) is 152 cm³/mol. The summed E-state index contributed by atoms with van der Waals surface area (Å²) in [6.45, 7) is 5.65. The Balaban J connectivity index is 1.37. The SMILES string of the molecule is CC(C)N(C)Cc1ccc2c(c1)OCCC2n1cc(CC2C(=O)NC=CN2S(=O)(=O)c2ccc(Cl)c(Cl)c2)nn1. The first-order valence-corrected chi connectivity index (χ1v) is 15.1. The number of carbonyl (C=O) groups excluding carboxylic acids is 1. The molecule has 2 atom stereocenters. The molecule has 1 N–H and O–H groups in total. The maximum atomic E-state index is 13.5. The van der Waals surface area contributed by atoms with Crippen LogP contribution in [0.3, 0.4) is 0 Å². The number of halogens is 2. The fourth-order valence-corrected chi connectivity index (χ4v) is 6.55. The van der Waals surface area contributed by atoms with Crippen LogP contribution in [0.5, 0.6) is 5.75 Å². The Bertz CT molecular complexity index is 1560. The van der Waals surface area contributed by atoms with Gasteiger partial charge in [-0.05, 0) is 50.7 Å². The van der Waals surface area contributed by atoms with Gasteiger partial charge < -0.3 is 10.1 Å². The molecule has 3 aromatic rings. The van der Waals surface area contributed by atoms with Crippen LogP contribution in [0.25, 0.3) is 0 Å². The maximum Gasteiger partial charge on any atom is 0.264 e. The van der Waals surface area contributed by atoms with Gasteiger partial charge in [-0.2, -0.15) is 0 Å². The molecule has 2 aromatic carbocycles. The molecule has 0 radical (unpaired) electrons. The highest BCUT2D eigenvalue weighted by molar-refractivity contribution is 7.89. The summed E-state index contributed by atoms with van der Waals surface area (Å²) in [7, 11) is -2.02. The minimum absolute atomic E-state index is 0.0211. The van der Waals surface area contributed by atoms with Gasteiger partial charge in [0.15, 0.2) is 0 Å². The van der Waals surface area contributed by atoms with Gasteiger partial charge in [-0.25, -0.2) is 13.1 Å². The summed E-state index contributed by atoms with van der Waals surface area (Å²) >= 11 is 12.0. The first-order valence-electron chi connectivity index (χ1n) is 12.9. The largest absolute Gasteiger partial charge is 0.493 e. The molecular formula is C27H30Cl2N6O4S. The van der Waals surface area contributed by atoms with Gasteiger partial charge in [0.25, 0.3) is 10.0 Å². The van der Waals surface area contributed by atoms with Crippen LogP contribution in [-0.2, 0) is 27.8 Å². The van der Waals surface area contributed by atoms with Crippen molar-refractivity contribution in [3.8, 4) is 5.75 Å². The lowest BCUT2D eigenvalue weighted by Crippen LogP contribution is -2.50. The van der Waals surface area contributed by atoms with Crippen molar-refractivity contribution < 1.29 is 17.9 Å². The number of aromatic nitrogens is 3. The van der Waals surface area contributed by atoms with E-state index in [0.29, 0.717) is 24.8 Å². The zero-order valence-electron chi connectivity index (χ0n) is 22.3. The van der Waals surface area contributed by atoms with Gasteiger partial charge in [-0.1, -0.05) is 40.5 Å². The van der Waals surface area contributed by atoms with Crippen molar-refractivity contribution in [1.82, 2.24) is 29.5 Å². The Hall–Kier alpha value is -3.12. The van der Waals surface area contributed by atoms with Gasteiger partial charge in [0, 0.05) is 49.6 Å². The normalized spacial score (nSPS) is 19.1. The molecule has 2 aliphatic rings. The summed E-state index contributed by atoms with van der Waals surface area (Å²) in [6.07, 6.45) is 5.09.